The summed E-state index contributed by atoms with van der Waals surface area (Å²) in [5.41, 5.74) is 2.40. The van der Waals surface area contributed by atoms with Gasteiger partial charge in [-0.3, -0.25) is 4.79 Å². The van der Waals surface area contributed by atoms with Crippen LogP contribution in [0.15, 0.2) is 47.1 Å². The van der Waals surface area contributed by atoms with Crippen LogP contribution in [0.25, 0.3) is 6.08 Å². The van der Waals surface area contributed by atoms with Crippen molar-refractivity contribution in [3.05, 3.63) is 60.4 Å². The summed E-state index contributed by atoms with van der Waals surface area (Å²) in [7, 11) is 0. The van der Waals surface area contributed by atoms with Crippen LogP contribution in [0.2, 0.25) is 0 Å². The Hall–Kier alpha value is -1.95. The molecular weight excluding hydrogens is 598 g/mol. The zero-order chi connectivity index (χ0) is 21.0. The molecule has 150 valence electrons. The minimum absolute atomic E-state index is 0.150. The predicted octanol–water partition coefficient (Wildman–Crippen LogP) is 4.99. The summed E-state index contributed by atoms with van der Waals surface area (Å²) in [5.74, 6) is 0.445. The van der Waals surface area contributed by atoms with E-state index in [4.69, 9.17) is 9.47 Å². The van der Waals surface area contributed by atoms with Crippen molar-refractivity contribution in [3.8, 4) is 5.75 Å². The molecule has 0 radical (unpaired) electrons. The maximum atomic E-state index is 12.3. The third kappa shape index (κ3) is 5.56. The van der Waals surface area contributed by atoms with Crippen molar-refractivity contribution in [1.29, 1.82) is 0 Å². The quantitative estimate of drug-likeness (QED) is 0.282. The van der Waals surface area contributed by atoms with Crippen LogP contribution in [0, 0.1) is 7.14 Å². The lowest BCUT2D eigenvalue weighted by Gasteiger charge is -2.10. The highest BCUT2D eigenvalue weighted by atomic mass is 127. The number of halogens is 2. The molecule has 0 saturated heterocycles. The highest BCUT2D eigenvalue weighted by Crippen LogP contribution is 2.30. The van der Waals surface area contributed by atoms with Gasteiger partial charge in [0, 0.05) is 18.2 Å². The van der Waals surface area contributed by atoms with E-state index in [1.165, 1.54) is 6.92 Å². The van der Waals surface area contributed by atoms with Gasteiger partial charge in [0.2, 0.25) is 11.8 Å². The summed E-state index contributed by atoms with van der Waals surface area (Å²) >= 11 is 4.45. The molecule has 0 aliphatic carbocycles. The van der Waals surface area contributed by atoms with Crippen molar-refractivity contribution < 1.29 is 19.1 Å². The van der Waals surface area contributed by atoms with Crippen LogP contribution in [0.5, 0.6) is 5.75 Å². The van der Waals surface area contributed by atoms with Gasteiger partial charge >= 0.3 is 5.97 Å². The van der Waals surface area contributed by atoms with Crippen LogP contribution in [-0.4, -0.2) is 24.4 Å². The van der Waals surface area contributed by atoms with E-state index in [1.807, 2.05) is 12.1 Å². The Bertz CT molecular complexity index is 991. The molecular formula is C21H18I2N2O4. The molecule has 29 heavy (non-hydrogen) atoms. The number of benzene rings is 2. The fraction of sp³-hybridized carbons (Fsp3) is 0.190. The molecule has 2 aromatic rings. The van der Waals surface area contributed by atoms with E-state index in [1.54, 1.807) is 30.3 Å². The maximum Gasteiger partial charge on any atom is 0.363 e. The Labute approximate surface area is 196 Å². The lowest BCUT2D eigenvalue weighted by Crippen LogP contribution is -2.07. The zero-order valence-corrected chi connectivity index (χ0v) is 20.1. The Kier molecular flexibility index (Phi) is 7.28. The number of nitrogens with zero attached hydrogens (tertiary/aromatic N) is 1. The Morgan fingerprint density at radius 1 is 1.21 bits per heavy atom. The van der Waals surface area contributed by atoms with Crippen molar-refractivity contribution in [2.75, 3.05) is 11.9 Å². The van der Waals surface area contributed by atoms with Gasteiger partial charge in [0.15, 0.2) is 5.70 Å². The second-order valence-electron chi connectivity index (χ2n) is 6.26. The Morgan fingerprint density at radius 2 is 1.86 bits per heavy atom. The number of rotatable bonds is 6. The van der Waals surface area contributed by atoms with E-state index in [9.17, 15) is 9.59 Å². The number of hydrogen-bond acceptors (Lipinski definition) is 5. The van der Waals surface area contributed by atoms with Crippen LogP contribution in [0.3, 0.4) is 0 Å². The van der Waals surface area contributed by atoms with Crippen LogP contribution >= 0.6 is 45.2 Å². The summed E-state index contributed by atoms with van der Waals surface area (Å²) in [4.78, 5) is 27.7. The van der Waals surface area contributed by atoms with Crippen LogP contribution in [0.1, 0.15) is 31.4 Å². The molecule has 0 atom stereocenters. The smallest absolute Gasteiger partial charge is 0.363 e. The number of hydrogen-bond donors (Lipinski definition) is 1. The van der Waals surface area contributed by atoms with Crippen molar-refractivity contribution in [2.45, 2.75) is 20.3 Å². The fourth-order valence-corrected chi connectivity index (χ4v) is 4.72. The van der Waals surface area contributed by atoms with E-state index >= 15 is 0 Å². The molecule has 0 unspecified atom stereocenters. The topological polar surface area (TPSA) is 77.0 Å². The highest BCUT2D eigenvalue weighted by molar-refractivity contribution is 14.1. The average Bonchev–Trinajstić information content (AvgIpc) is 3.02. The first-order valence-corrected chi connectivity index (χ1v) is 11.1. The number of ether oxygens (including phenoxy) is 2. The van der Waals surface area contributed by atoms with Gasteiger partial charge in [0.25, 0.3) is 0 Å². The number of anilines is 1. The number of carbonyl (C=O) groups excluding carboxylic acids is 2. The van der Waals surface area contributed by atoms with Crippen molar-refractivity contribution in [1.82, 2.24) is 0 Å². The van der Waals surface area contributed by atoms with Crippen LogP contribution in [-0.2, 0) is 14.3 Å². The first-order valence-electron chi connectivity index (χ1n) is 8.89. The van der Waals surface area contributed by atoms with E-state index in [0.717, 1.165) is 24.9 Å². The van der Waals surface area contributed by atoms with Gasteiger partial charge in [-0.15, -0.1) is 0 Å². The standard InChI is InChI=1S/C21H18I2N2O4/c1-3-8-28-19-16(22)9-13(10-17(19)23)11-18-21(27)29-20(25-18)14-4-6-15(7-5-14)24-12(2)26/h4-7,9-11H,3,8H2,1-2H3,(H,24,26)/b18-11-. The number of carbonyl (C=O) groups is 2. The van der Waals surface area contributed by atoms with Crippen LogP contribution < -0.4 is 10.1 Å². The van der Waals surface area contributed by atoms with Gasteiger partial charge in [-0.1, -0.05) is 6.92 Å². The zero-order valence-electron chi connectivity index (χ0n) is 15.8. The second kappa shape index (κ2) is 9.70. The van der Waals surface area contributed by atoms with Gasteiger partial charge in [-0.25, -0.2) is 9.79 Å². The van der Waals surface area contributed by atoms with Gasteiger partial charge in [0.1, 0.15) is 5.75 Å². The summed E-state index contributed by atoms with van der Waals surface area (Å²) < 4.78 is 13.1. The number of aliphatic imine (C=N–C) groups is 1. The molecule has 0 fully saturated rings. The van der Waals surface area contributed by atoms with E-state index in [2.05, 4.69) is 62.4 Å². The largest absolute Gasteiger partial charge is 0.491 e. The summed E-state index contributed by atoms with van der Waals surface area (Å²) in [6.07, 6.45) is 2.64. The molecule has 0 aromatic heterocycles. The number of esters is 1. The van der Waals surface area contributed by atoms with E-state index in [-0.39, 0.29) is 17.5 Å². The molecule has 1 N–H and O–H groups in total. The Balaban J connectivity index is 1.84. The highest BCUT2D eigenvalue weighted by Gasteiger charge is 2.24. The maximum absolute atomic E-state index is 12.3. The minimum Gasteiger partial charge on any atom is -0.491 e. The molecule has 1 aliphatic rings. The normalized spacial score (nSPS) is 14.6. The average molecular weight is 616 g/mol. The SMILES string of the molecule is CCCOc1c(I)cc(/C=C2\N=C(c3ccc(NC(C)=O)cc3)OC2=O)cc1I. The molecule has 1 aliphatic heterocycles. The van der Waals surface area contributed by atoms with Crippen molar-refractivity contribution in [3.63, 3.8) is 0 Å². The van der Waals surface area contributed by atoms with Gasteiger partial charge < -0.3 is 14.8 Å². The monoisotopic (exact) mass is 616 g/mol. The molecule has 0 saturated carbocycles. The third-order valence-corrected chi connectivity index (χ3v) is 5.45. The molecule has 1 heterocycles. The van der Waals surface area contributed by atoms with Gasteiger partial charge in [-0.05, 0) is 99.6 Å². The molecule has 0 spiro atoms. The van der Waals surface area contributed by atoms with E-state index < -0.39 is 5.97 Å². The van der Waals surface area contributed by atoms with Crippen molar-refractivity contribution >= 4 is 74.7 Å². The summed E-state index contributed by atoms with van der Waals surface area (Å²) in [5, 5.41) is 2.69. The number of nitrogens with one attached hydrogen (secondary N) is 1. The Morgan fingerprint density at radius 3 is 2.45 bits per heavy atom. The molecule has 3 rings (SSSR count). The number of cyclic esters (lactones) is 1. The van der Waals surface area contributed by atoms with Gasteiger partial charge in [-0.2, -0.15) is 0 Å². The van der Waals surface area contributed by atoms with E-state index in [0.29, 0.717) is 17.9 Å². The first-order chi connectivity index (χ1) is 13.9. The first kappa shape index (κ1) is 21.8. The third-order valence-electron chi connectivity index (χ3n) is 3.85. The predicted molar refractivity (Wildman–Crippen MR) is 129 cm³/mol. The summed E-state index contributed by atoms with van der Waals surface area (Å²) in [6, 6.07) is 10.8. The molecule has 0 bridgehead atoms. The lowest BCUT2D eigenvalue weighted by molar-refractivity contribution is -0.129. The number of amides is 1. The second-order valence-corrected chi connectivity index (χ2v) is 8.58. The lowest BCUT2D eigenvalue weighted by atomic mass is 10.2. The fourth-order valence-electron chi connectivity index (χ4n) is 2.59. The van der Waals surface area contributed by atoms with Crippen LogP contribution in [0.4, 0.5) is 5.69 Å². The summed E-state index contributed by atoms with van der Waals surface area (Å²) in [6.45, 7) is 4.17. The molecule has 8 heteroatoms. The molecule has 2 aromatic carbocycles. The van der Waals surface area contributed by atoms with Crippen molar-refractivity contribution in [2.24, 2.45) is 4.99 Å². The van der Waals surface area contributed by atoms with Gasteiger partial charge in [0.05, 0.1) is 13.7 Å². The minimum atomic E-state index is -0.498. The molecule has 1 amide bonds. The molecule has 6 nitrogen and oxygen atoms in total.